The number of phenolic OH excluding ortho intramolecular Hbond substituents is 1. The number of benzene rings is 2. The van der Waals surface area contributed by atoms with Crippen molar-refractivity contribution in [1.29, 1.82) is 0 Å². The van der Waals surface area contributed by atoms with Gasteiger partial charge in [-0.3, -0.25) is 4.79 Å². The van der Waals surface area contributed by atoms with E-state index in [1.165, 1.54) is 7.11 Å². The number of hydrogen-bond donors (Lipinski definition) is 2. The molecule has 0 saturated heterocycles. The van der Waals surface area contributed by atoms with Gasteiger partial charge in [0.1, 0.15) is 5.75 Å². The van der Waals surface area contributed by atoms with E-state index in [0.717, 1.165) is 10.9 Å². The Morgan fingerprint density at radius 1 is 1.05 bits per heavy atom. The fourth-order valence-electron chi connectivity index (χ4n) is 2.37. The van der Waals surface area contributed by atoms with Crippen LogP contribution in [0.3, 0.4) is 0 Å². The van der Waals surface area contributed by atoms with Crippen molar-refractivity contribution in [2.45, 2.75) is 0 Å². The number of aromatic nitrogens is 1. The molecule has 0 aliphatic rings. The summed E-state index contributed by atoms with van der Waals surface area (Å²) in [5.74, 6) is 0.286. The molecule has 3 rings (SSSR count). The van der Waals surface area contributed by atoms with E-state index in [-0.39, 0.29) is 17.1 Å². The first-order valence-corrected chi connectivity index (χ1v) is 6.19. The first-order chi connectivity index (χ1) is 9.72. The first-order valence-electron chi connectivity index (χ1n) is 6.19. The van der Waals surface area contributed by atoms with Crippen molar-refractivity contribution < 1.29 is 9.84 Å². The van der Waals surface area contributed by atoms with Crippen LogP contribution in [-0.4, -0.2) is 17.2 Å². The fourth-order valence-corrected chi connectivity index (χ4v) is 2.37. The molecule has 0 aliphatic heterocycles. The lowest BCUT2D eigenvalue weighted by molar-refractivity contribution is 0.410. The minimum Gasteiger partial charge on any atom is -0.506 e. The van der Waals surface area contributed by atoms with E-state index in [1.54, 1.807) is 12.1 Å². The zero-order chi connectivity index (χ0) is 14.1. The second-order valence-corrected chi connectivity index (χ2v) is 4.43. The van der Waals surface area contributed by atoms with Gasteiger partial charge in [0.25, 0.3) is 5.56 Å². The maximum Gasteiger partial charge on any atom is 0.291 e. The molecule has 0 saturated carbocycles. The smallest absolute Gasteiger partial charge is 0.291 e. The van der Waals surface area contributed by atoms with Crippen LogP contribution < -0.4 is 10.3 Å². The van der Waals surface area contributed by atoms with Crippen LogP contribution in [0, 0.1) is 0 Å². The van der Waals surface area contributed by atoms with Crippen molar-refractivity contribution in [3.8, 4) is 22.6 Å². The fraction of sp³-hybridized carbons (Fsp3) is 0.0625. The van der Waals surface area contributed by atoms with E-state index in [9.17, 15) is 9.90 Å². The van der Waals surface area contributed by atoms with Crippen molar-refractivity contribution in [2.24, 2.45) is 0 Å². The Hall–Kier alpha value is -2.75. The van der Waals surface area contributed by atoms with Crippen LogP contribution >= 0.6 is 0 Å². The van der Waals surface area contributed by atoms with Crippen molar-refractivity contribution >= 4 is 10.9 Å². The number of para-hydroxylation sites is 1. The van der Waals surface area contributed by atoms with Gasteiger partial charge in [0.05, 0.1) is 12.6 Å². The van der Waals surface area contributed by atoms with Gasteiger partial charge in [0.2, 0.25) is 0 Å². The topological polar surface area (TPSA) is 62.3 Å². The molecular formula is C16H13NO3. The summed E-state index contributed by atoms with van der Waals surface area (Å²) in [6.07, 6.45) is 0. The Morgan fingerprint density at radius 3 is 2.50 bits per heavy atom. The third kappa shape index (κ3) is 1.82. The van der Waals surface area contributed by atoms with Gasteiger partial charge < -0.3 is 14.8 Å². The number of rotatable bonds is 2. The summed E-state index contributed by atoms with van der Waals surface area (Å²) in [5.41, 5.74) is 1.60. The average Bonchev–Trinajstić information content (AvgIpc) is 2.48. The molecule has 0 unspecified atom stereocenters. The van der Waals surface area contributed by atoms with Crippen LogP contribution in [0.4, 0.5) is 0 Å². The molecule has 1 heterocycles. The van der Waals surface area contributed by atoms with Crippen molar-refractivity contribution in [1.82, 2.24) is 4.98 Å². The Bertz CT molecular complexity index is 822. The Kier molecular flexibility index (Phi) is 2.91. The van der Waals surface area contributed by atoms with Gasteiger partial charge in [-0.1, -0.05) is 42.5 Å². The second-order valence-electron chi connectivity index (χ2n) is 4.43. The SMILES string of the molecule is COc1c(-c2ccccc2)c2cccc(O)c2[nH]c1=O. The van der Waals surface area contributed by atoms with E-state index < -0.39 is 0 Å². The molecule has 0 bridgehead atoms. The molecule has 4 heteroatoms. The molecule has 0 spiro atoms. The molecule has 20 heavy (non-hydrogen) atoms. The number of pyridine rings is 1. The third-order valence-corrected chi connectivity index (χ3v) is 3.25. The van der Waals surface area contributed by atoms with Crippen LogP contribution in [-0.2, 0) is 0 Å². The Balaban J connectivity index is 2.50. The predicted molar refractivity (Wildman–Crippen MR) is 78.2 cm³/mol. The van der Waals surface area contributed by atoms with Gasteiger partial charge in [-0.2, -0.15) is 0 Å². The largest absolute Gasteiger partial charge is 0.506 e. The summed E-state index contributed by atoms with van der Waals surface area (Å²) in [7, 11) is 1.46. The van der Waals surface area contributed by atoms with Crippen LogP contribution in [0.25, 0.3) is 22.0 Å². The molecule has 0 radical (unpaired) electrons. The molecule has 0 atom stereocenters. The van der Waals surface area contributed by atoms with Crippen LogP contribution in [0.2, 0.25) is 0 Å². The highest BCUT2D eigenvalue weighted by Gasteiger charge is 2.16. The number of H-pyrrole nitrogens is 1. The van der Waals surface area contributed by atoms with Crippen LogP contribution in [0.5, 0.6) is 11.5 Å². The number of hydrogen-bond acceptors (Lipinski definition) is 3. The lowest BCUT2D eigenvalue weighted by Gasteiger charge is -2.12. The normalized spacial score (nSPS) is 10.7. The number of aromatic hydroxyl groups is 1. The lowest BCUT2D eigenvalue weighted by atomic mass is 10.00. The van der Waals surface area contributed by atoms with Crippen molar-refractivity contribution in [2.75, 3.05) is 7.11 Å². The summed E-state index contributed by atoms with van der Waals surface area (Å²) in [5, 5.41) is 10.7. The molecule has 3 aromatic rings. The van der Waals surface area contributed by atoms with E-state index in [2.05, 4.69) is 4.98 Å². The maximum absolute atomic E-state index is 12.1. The number of ether oxygens (including phenoxy) is 1. The highest BCUT2D eigenvalue weighted by atomic mass is 16.5. The standard InChI is InChI=1S/C16H13NO3/c1-20-15-13(10-6-3-2-4-7-10)11-8-5-9-12(18)14(11)17-16(15)19/h2-9,18H,1H3,(H,17,19). The highest BCUT2D eigenvalue weighted by Crippen LogP contribution is 2.35. The number of phenols is 1. The molecular weight excluding hydrogens is 254 g/mol. The third-order valence-electron chi connectivity index (χ3n) is 3.25. The van der Waals surface area contributed by atoms with Crippen LogP contribution in [0.15, 0.2) is 53.3 Å². The number of aromatic amines is 1. The van der Waals surface area contributed by atoms with Gasteiger partial charge in [-0.15, -0.1) is 0 Å². The van der Waals surface area contributed by atoms with Gasteiger partial charge in [0, 0.05) is 10.9 Å². The van der Waals surface area contributed by atoms with Crippen LogP contribution in [0.1, 0.15) is 0 Å². The van der Waals surface area contributed by atoms with E-state index >= 15 is 0 Å². The molecule has 2 aromatic carbocycles. The summed E-state index contributed by atoms with van der Waals surface area (Å²) >= 11 is 0. The molecule has 100 valence electrons. The predicted octanol–water partition coefficient (Wildman–Crippen LogP) is 2.91. The minimum absolute atomic E-state index is 0.0411. The summed E-state index contributed by atoms with van der Waals surface area (Å²) in [6, 6.07) is 14.6. The molecule has 2 N–H and O–H groups in total. The monoisotopic (exact) mass is 267 g/mol. The summed E-state index contributed by atoms with van der Waals surface area (Å²) < 4.78 is 5.25. The zero-order valence-electron chi connectivity index (χ0n) is 10.9. The van der Waals surface area contributed by atoms with Gasteiger partial charge in [0.15, 0.2) is 5.75 Å². The summed E-state index contributed by atoms with van der Waals surface area (Å²) in [4.78, 5) is 14.8. The number of methoxy groups -OCH3 is 1. The average molecular weight is 267 g/mol. The molecule has 0 amide bonds. The zero-order valence-corrected chi connectivity index (χ0v) is 10.9. The number of nitrogens with one attached hydrogen (secondary N) is 1. The van der Waals surface area contributed by atoms with Gasteiger partial charge >= 0.3 is 0 Å². The number of fused-ring (bicyclic) bond motifs is 1. The van der Waals surface area contributed by atoms with E-state index in [0.29, 0.717) is 11.1 Å². The van der Waals surface area contributed by atoms with Gasteiger partial charge in [-0.05, 0) is 11.6 Å². The van der Waals surface area contributed by atoms with E-state index in [4.69, 9.17) is 4.74 Å². The molecule has 4 nitrogen and oxygen atoms in total. The minimum atomic E-state index is -0.361. The highest BCUT2D eigenvalue weighted by molar-refractivity contribution is 5.99. The molecule has 0 aliphatic carbocycles. The molecule has 1 aromatic heterocycles. The first kappa shape index (κ1) is 12.3. The second kappa shape index (κ2) is 4.74. The van der Waals surface area contributed by atoms with Gasteiger partial charge in [-0.25, -0.2) is 0 Å². The van der Waals surface area contributed by atoms with Crippen molar-refractivity contribution in [3.05, 3.63) is 58.9 Å². The maximum atomic E-state index is 12.1. The Labute approximate surface area is 115 Å². The van der Waals surface area contributed by atoms with E-state index in [1.807, 2.05) is 36.4 Å². The lowest BCUT2D eigenvalue weighted by Crippen LogP contribution is -2.11. The quantitative estimate of drug-likeness (QED) is 0.750. The molecule has 0 fully saturated rings. The summed E-state index contributed by atoms with van der Waals surface area (Å²) in [6.45, 7) is 0. The Morgan fingerprint density at radius 2 is 1.80 bits per heavy atom. The van der Waals surface area contributed by atoms with Crippen molar-refractivity contribution in [3.63, 3.8) is 0 Å².